The van der Waals surface area contributed by atoms with Crippen LogP contribution in [0.15, 0.2) is 11.1 Å². The Morgan fingerprint density at radius 1 is 1.57 bits per heavy atom. The van der Waals surface area contributed by atoms with Gasteiger partial charge in [0.25, 0.3) is 0 Å². The summed E-state index contributed by atoms with van der Waals surface area (Å²) in [5.41, 5.74) is 5.70. The molecular formula is C12H23N5O3S. The van der Waals surface area contributed by atoms with Crippen molar-refractivity contribution in [3.05, 3.63) is 6.20 Å². The number of nitrogens with zero attached hydrogens (tertiary/aromatic N) is 3. The Morgan fingerprint density at radius 2 is 2.19 bits per heavy atom. The number of hydrogen-bond donors (Lipinski definition) is 2. The van der Waals surface area contributed by atoms with Crippen LogP contribution in [-0.2, 0) is 21.4 Å². The average molecular weight is 317 g/mol. The zero-order chi connectivity index (χ0) is 16.2. The van der Waals surface area contributed by atoms with Crippen molar-refractivity contribution in [1.82, 2.24) is 19.4 Å². The molecule has 1 rings (SSSR count). The Kier molecular flexibility index (Phi) is 5.73. The van der Waals surface area contributed by atoms with Crippen LogP contribution in [0.1, 0.15) is 20.3 Å². The molecule has 0 radical (unpaired) electrons. The van der Waals surface area contributed by atoms with Gasteiger partial charge in [-0.05, 0) is 6.42 Å². The second-order valence-corrected chi connectivity index (χ2v) is 6.96. The minimum absolute atomic E-state index is 0.0251. The van der Waals surface area contributed by atoms with E-state index in [1.807, 2.05) is 6.92 Å². The lowest BCUT2D eigenvalue weighted by atomic mass is 10.2. The fourth-order valence-electron chi connectivity index (χ4n) is 1.94. The highest BCUT2D eigenvalue weighted by molar-refractivity contribution is 7.89. The van der Waals surface area contributed by atoms with E-state index in [9.17, 15) is 13.2 Å². The first-order valence-electron chi connectivity index (χ1n) is 6.74. The summed E-state index contributed by atoms with van der Waals surface area (Å²) in [6, 6.07) is 0. The summed E-state index contributed by atoms with van der Waals surface area (Å²) < 4.78 is 27.6. The third-order valence-electron chi connectivity index (χ3n) is 3.12. The second-order valence-electron chi connectivity index (χ2n) is 4.94. The number of nitrogens with one attached hydrogen (secondary N) is 1. The molecule has 1 unspecified atom stereocenters. The van der Waals surface area contributed by atoms with E-state index in [-0.39, 0.29) is 23.2 Å². The summed E-state index contributed by atoms with van der Waals surface area (Å²) in [5.74, 6) is -0.698. The first-order chi connectivity index (χ1) is 9.73. The molecule has 0 saturated heterocycles. The van der Waals surface area contributed by atoms with Crippen LogP contribution in [0.4, 0.5) is 5.82 Å². The number of nitrogens with two attached hydrogens (primary N) is 1. The van der Waals surface area contributed by atoms with E-state index < -0.39 is 15.9 Å². The molecule has 0 saturated carbocycles. The molecule has 1 heterocycles. The summed E-state index contributed by atoms with van der Waals surface area (Å²) in [6.07, 6.45) is 2.25. The van der Waals surface area contributed by atoms with Crippen molar-refractivity contribution in [2.75, 3.05) is 26.4 Å². The van der Waals surface area contributed by atoms with Crippen LogP contribution in [0.3, 0.4) is 0 Å². The van der Waals surface area contributed by atoms with Gasteiger partial charge in [0.05, 0.1) is 0 Å². The van der Waals surface area contributed by atoms with Crippen molar-refractivity contribution in [2.45, 2.75) is 31.7 Å². The third kappa shape index (κ3) is 3.94. The van der Waals surface area contributed by atoms with E-state index in [1.165, 1.54) is 25.0 Å². The van der Waals surface area contributed by atoms with Gasteiger partial charge in [-0.1, -0.05) is 13.8 Å². The molecule has 0 spiro atoms. The van der Waals surface area contributed by atoms with Crippen molar-refractivity contribution in [3.63, 3.8) is 0 Å². The molecule has 0 aromatic carbocycles. The van der Waals surface area contributed by atoms with Crippen LogP contribution in [0.2, 0.25) is 0 Å². The summed E-state index contributed by atoms with van der Waals surface area (Å²) in [6.45, 7) is 4.29. The fraction of sp³-hybridized carbons (Fsp3) is 0.667. The van der Waals surface area contributed by atoms with E-state index in [1.54, 1.807) is 6.92 Å². The Hall–Kier alpha value is -1.61. The first-order valence-corrected chi connectivity index (χ1v) is 8.18. The first kappa shape index (κ1) is 17.4. The number of anilines is 1. The van der Waals surface area contributed by atoms with Gasteiger partial charge in [0.1, 0.15) is 4.90 Å². The van der Waals surface area contributed by atoms with Gasteiger partial charge < -0.3 is 11.1 Å². The Bertz CT molecular complexity index is 596. The molecule has 1 aromatic rings. The molecule has 0 bridgehead atoms. The topological polar surface area (TPSA) is 110 Å². The number of rotatable bonds is 7. The lowest BCUT2D eigenvalue weighted by Crippen LogP contribution is -2.37. The lowest BCUT2D eigenvalue weighted by Gasteiger charge is -2.19. The van der Waals surface area contributed by atoms with E-state index in [2.05, 4.69) is 10.4 Å². The molecule has 9 heteroatoms. The number of hydrogen-bond acceptors (Lipinski definition) is 5. The molecule has 0 aliphatic rings. The minimum atomic E-state index is -3.76. The molecular weight excluding hydrogens is 294 g/mol. The molecule has 0 aliphatic heterocycles. The van der Waals surface area contributed by atoms with Gasteiger partial charge in [-0.3, -0.25) is 9.48 Å². The van der Waals surface area contributed by atoms with Crippen LogP contribution in [0.5, 0.6) is 0 Å². The highest BCUT2D eigenvalue weighted by Crippen LogP contribution is 2.21. The molecule has 120 valence electrons. The molecule has 8 nitrogen and oxygen atoms in total. The maximum absolute atomic E-state index is 12.5. The second kappa shape index (κ2) is 6.90. The third-order valence-corrected chi connectivity index (χ3v) is 4.96. The maximum Gasteiger partial charge on any atom is 0.248 e. The van der Waals surface area contributed by atoms with Crippen molar-refractivity contribution < 1.29 is 13.2 Å². The SMILES string of the molecule is CCCn1cc(S(=O)(=O)N(C)CC(C)C(=O)NC)c(N)n1. The van der Waals surface area contributed by atoms with E-state index in [4.69, 9.17) is 5.73 Å². The summed E-state index contributed by atoms with van der Waals surface area (Å²) >= 11 is 0. The average Bonchev–Trinajstić information content (AvgIpc) is 2.79. The summed E-state index contributed by atoms with van der Waals surface area (Å²) in [4.78, 5) is 11.5. The fourth-order valence-corrected chi connectivity index (χ4v) is 3.26. The molecule has 1 amide bonds. The van der Waals surface area contributed by atoms with Gasteiger partial charge in [-0.2, -0.15) is 9.40 Å². The number of sulfonamides is 1. The van der Waals surface area contributed by atoms with Crippen molar-refractivity contribution in [3.8, 4) is 0 Å². The highest BCUT2D eigenvalue weighted by atomic mass is 32.2. The van der Waals surface area contributed by atoms with Crippen LogP contribution in [0.25, 0.3) is 0 Å². The number of aromatic nitrogens is 2. The van der Waals surface area contributed by atoms with Gasteiger partial charge in [0, 0.05) is 39.3 Å². The van der Waals surface area contributed by atoms with Gasteiger partial charge in [-0.25, -0.2) is 8.42 Å². The molecule has 3 N–H and O–H groups in total. The number of nitrogen functional groups attached to an aromatic ring is 1. The highest BCUT2D eigenvalue weighted by Gasteiger charge is 2.28. The van der Waals surface area contributed by atoms with Gasteiger partial charge in [-0.15, -0.1) is 0 Å². The molecule has 0 fully saturated rings. The molecule has 1 aromatic heterocycles. The summed E-state index contributed by atoms with van der Waals surface area (Å²) in [7, 11) is -0.823. The van der Waals surface area contributed by atoms with Crippen molar-refractivity contribution in [2.24, 2.45) is 5.92 Å². The Morgan fingerprint density at radius 3 is 2.71 bits per heavy atom. The quantitative estimate of drug-likeness (QED) is 0.728. The van der Waals surface area contributed by atoms with Crippen molar-refractivity contribution >= 4 is 21.7 Å². The van der Waals surface area contributed by atoms with E-state index >= 15 is 0 Å². The zero-order valence-electron chi connectivity index (χ0n) is 12.8. The Balaban J connectivity index is 2.97. The van der Waals surface area contributed by atoms with Gasteiger partial charge in [0.15, 0.2) is 5.82 Å². The van der Waals surface area contributed by atoms with Crippen LogP contribution >= 0.6 is 0 Å². The largest absolute Gasteiger partial charge is 0.381 e. The number of carbonyl (C=O) groups excluding carboxylic acids is 1. The van der Waals surface area contributed by atoms with Crippen LogP contribution in [0, 0.1) is 5.92 Å². The standard InChI is InChI=1S/C12H23N5O3S/c1-5-6-17-8-10(11(13)15-17)21(19,20)16(4)7-9(2)12(18)14-3/h8-9H,5-7H2,1-4H3,(H2,13,15)(H,14,18). The number of carbonyl (C=O) groups is 1. The van der Waals surface area contributed by atoms with Crippen LogP contribution < -0.4 is 11.1 Å². The lowest BCUT2D eigenvalue weighted by molar-refractivity contribution is -0.124. The van der Waals surface area contributed by atoms with E-state index in [0.29, 0.717) is 6.54 Å². The smallest absolute Gasteiger partial charge is 0.248 e. The van der Waals surface area contributed by atoms with Crippen LogP contribution in [-0.4, -0.2) is 49.1 Å². The molecule has 0 aliphatic carbocycles. The van der Waals surface area contributed by atoms with Gasteiger partial charge in [0.2, 0.25) is 15.9 Å². The number of amides is 1. The molecule has 1 atom stereocenters. The Labute approximate surface area is 125 Å². The monoisotopic (exact) mass is 317 g/mol. The normalized spacial score (nSPS) is 13.4. The summed E-state index contributed by atoms with van der Waals surface area (Å²) in [5, 5.41) is 6.48. The predicted molar refractivity (Wildman–Crippen MR) is 80.0 cm³/mol. The predicted octanol–water partition coefficient (Wildman–Crippen LogP) is -0.122. The van der Waals surface area contributed by atoms with E-state index in [0.717, 1.165) is 10.7 Å². The molecule has 21 heavy (non-hydrogen) atoms. The van der Waals surface area contributed by atoms with Gasteiger partial charge >= 0.3 is 0 Å². The zero-order valence-corrected chi connectivity index (χ0v) is 13.6. The van der Waals surface area contributed by atoms with Crippen molar-refractivity contribution in [1.29, 1.82) is 0 Å². The number of aryl methyl sites for hydroxylation is 1. The maximum atomic E-state index is 12.5. The minimum Gasteiger partial charge on any atom is -0.381 e.